The molecule has 2 heterocycles. The highest BCUT2D eigenvalue weighted by molar-refractivity contribution is 6.07. The number of aromatic nitrogens is 3. The van der Waals surface area contributed by atoms with Gasteiger partial charge in [-0.1, -0.05) is 23.4 Å². The zero-order valence-electron chi connectivity index (χ0n) is 13.1. The molecule has 0 saturated carbocycles. The minimum absolute atomic E-state index is 0.0547. The maximum absolute atomic E-state index is 13.8. The van der Waals surface area contributed by atoms with Crippen molar-refractivity contribution in [2.24, 2.45) is 0 Å². The number of allylic oxidation sites excluding steroid dienone is 1. The van der Waals surface area contributed by atoms with Crippen LogP contribution in [0.4, 0.5) is 10.1 Å². The van der Waals surface area contributed by atoms with Crippen LogP contribution < -0.4 is 11.1 Å². The first kappa shape index (κ1) is 16.3. The molecule has 0 aliphatic carbocycles. The van der Waals surface area contributed by atoms with E-state index in [1.165, 1.54) is 30.8 Å². The summed E-state index contributed by atoms with van der Waals surface area (Å²) >= 11 is 0. The number of benzene rings is 1. The van der Waals surface area contributed by atoms with Crippen LogP contribution >= 0.6 is 0 Å². The average Bonchev–Trinajstić information content (AvgIpc) is 3.15. The van der Waals surface area contributed by atoms with E-state index in [-0.39, 0.29) is 23.9 Å². The predicted molar refractivity (Wildman–Crippen MR) is 91.0 cm³/mol. The van der Waals surface area contributed by atoms with Crippen LogP contribution in [-0.2, 0) is 6.54 Å². The highest BCUT2D eigenvalue weighted by Crippen LogP contribution is 2.13. The zero-order valence-corrected chi connectivity index (χ0v) is 13.1. The lowest BCUT2D eigenvalue weighted by molar-refractivity contribution is 0.417. The molecule has 0 unspecified atom stereocenters. The van der Waals surface area contributed by atoms with Gasteiger partial charge >= 0.3 is 0 Å². The van der Waals surface area contributed by atoms with Crippen LogP contribution in [0.5, 0.6) is 0 Å². The van der Waals surface area contributed by atoms with Gasteiger partial charge in [-0.05, 0) is 12.1 Å². The molecule has 0 saturated heterocycles. The van der Waals surface area contributed by atoms with Crippen LogP contribution in [0.2, 0.25) is 0 Å². The van der Waals surface area contributed by atoms with E-state index in [0.29, 0.717) is 22.6 Å². The number of nitrogens with zero attached hydrogens (tertiary/aromatic N) is 3. The first-order valence-electron chi connectivity index (χ1n) is 7.39. The van der Waals surface area contributed by atoms with Gasteiger partial charge in [0.1, 0.15) is 23.5 Å². The van der Waals surface area contributed by atoms with Crippen molar-refractivity contribution in [3.05, 3.63) is 78.0 Å². The summed E-state index contributed by atoms with van der Waals surface area (Å²) in [4.78, 5) is 8.02. The number of nitrogens with two attached hydrogens (primary N) is 1. The molecule has 0 aliphatic heterocycles. The normalized spacial score (nSPS) is 11.3. The van der Waals surface area contributed by atoms with E-state index in [4.69, 9.17) is 15.7 Å². The first-order chi connectivity index (χ1) is 12.1. The lowest BCUT2D eigenvalue weighted by Gasteiger charge is -2.10. The molecule has 0 fully saturated rings. The van der Waals surface area contributed by atoms with Gasteiger partial charge in [0.15, 0.2) is 5.82 Å². The second kappa shape index (κ2) is 7.35. The number of halogens is 1. The fourth-order valence-corrected chi connectivity index (χ4v) is 2.09. The molecule has 8 heteroatoms. The van der Waals surface area contributed by atoms with Crippen molar-refractivity contribution in [1.29, 1.82) is 5.41 Å². The van der Waals surface area contributed by atoms with E-state index in [9.17, 15) is 4.39 Å². The fourth-order valence-electron chi connectivity index (χ4n) is 2.09. The molecule has 1 aromatic carbocycles. The van der Waals surface area contributed by atoms with Gasteiger partial charge in [0, 0.05) is 18.2 Å². The standard InChI is InChI=1S/C17H15FN6O/c18-13-4-2-1-3-11(13)8-21-16(15-5-6-25-24-15)7-14(20)17-22-9-12(19)10-23-17/h1-7,9-10,20-21H,8,19H2/b16-7-,20-14?. The van der Waals surface area contributed by atoms with Crippen molar-refractivity contribution in [2.75, 3.05) is 5.73 Å². The Labute approximate surface area is 142 Å². The van der Waals surface area contributed by atoms with Gasteiger partial charge in [0.05, 0.1) is 23.8 Å². The molecule has 0 atom stereocenters. The monoisotopic (exact) mass is 338 g/mol. The zero-order chi connectivity index (χ0) is 17.6. The molecular weight excluding hydrogens is 323 g/mol. The summed E-state index contributed by atoms with van der Waals surface area (Å²) < 4.78 is 18.6. The molecule has 0 radical (unpaired) electrons. The molecule has 0 aliphatic rings. The highest BCUT2D eigenvalue weighted by atomic mass is 19.1. The second-order valence-electron chi connectivity index (χ2n) is 5.14. The minimum Gasteiger partial charge on any atom is -0.396 e. The maximum Gasteiger partial charge on any atom is 0.177 e. The third-order valence-electron chi connectivity index (χ3n) is 3.34. The Morgan fingerprint density at radius 1 is 1.24 bits per heavy atom. The Kier molecular flexibility index (Phi) is 4.79. The Hall–Kier alpha value is -3.55. The second-order valence-corrected chi connectivity index (χ2v) is 5.14. The Morgan fingerprint density at radius 3 is 2.68 bits per heavy atom. The summed E-state index contributed by atoms with van der Waals surface area (Å²) in [6.07, 6.45) is 5.77. The van der Waals surface area contributed by atoms with Crippen molar-refractivity contribution >= 4 is 17.1 Å². The summed E-state index contributed by atoms with van der Waals surface area (Å²) in [5.74, 6) is -0.102. The number of anilines is 1. The van der Waals surface area contributed by atoms with Gasteiger partial charge in [-0.2, -0.15) is 0 Å². The molecule has 25 heavy (non-hydrogen) atoms. The molecule has 0 amide bonds. The molecule has 3 rings (SSSR count). The molecule has 0 spiro atoms. The molecule has 7 nitrogen and oxygen atoms in total. The molecule has 3 aromatic rings. The summed E-state index contributed by atoms with van der Waals surface area (Å²) in [6.45, 7) is 0.223. The van der Waals surface area contributed by atoms with Crippen LogP contribution in [0, 0.1) is 11.2 Å². The lowest BCUT2D eigenvalue weighted by Crippen LogP contribution is -2.15. The summed E-state index contributed by atoms with van der Waals surface area (Å²) in [5.41, 5.74) is 7.48. The topological polar surface area (TPSA) is 114 Å². The number of hydrogen-bond donors (Lipinski definition) is 3. The lowest BCUT2D eigenvalue weighted by atomic mass is 10.2. The molecule has 126 valence electrons. The molecular formula is C17H15FN6O. The maximum atomic E-state index is 13.8. The predicted octanol–water partition coefficient (Wildman–Crippen LogP) is 2.38. The van der Waals surface area contributed by atoms with E-state index < -0.39 is 0 Å². The van der Waals surface area contributed by atoms with Gasteiger partial charge < -0.3 is 15.6 Å². The van der Waals surface area contributed by atoms with Crippen LogP contribution in [-0.4, -0.2) is 20.8 Å². The smallest absolute Gasteiger partial charge is 0.177 e. The van der Waals surface area contributed by atoms with Crippen LogP contribution in [0.15, 0.2) is 59.6 Å². The van der Waals surface area contributed by atoms with Crippen molar-refractivity contribution in [2.45, 2.75) is 6.54 Å². The summed E-state index contributed by atoms with van der Waals surface area (Å²) in [5, 5.41) is 15.1. The van der Waals surface area contributed by atoms with Crippen LogP contribution in [0.3, 0.4) is 0 Å². The number of rotatable bonds is 6. The Bertz CT molecular complexity index is 890. The number of nitrogens with one attached hydrogen (secondary N) is 2. The van der Waals surface area contributed by atoms with E-state index in [1.807, 2.05) is 0 Å². The van der Waals surface area contributed by atoms with Crippen LogP contribution in [0.25, 0.3) is 5.70 Å². The van der Waals surface area contributed by atoms with Crippen LogP contribution in [0.1, 0.15) is 17.1 Å². The highest BCUT2D eigenvalue weighted by Gasteiger charge is 2.10. The van der Waals surface area contributed by atoms with Crippen molar-refractivity contribution in [1.82, 2.24) is 20.4 Å². The number of nitrogen functional groups attached to an aromatic ring is 1. The van der Waals surface area contributed by atoms with E-state index in [1.54, 1.807) is 24.3 Å². The van der Waals surface area contributed by atoms with Gasteiger partial charge in [0.25, 0.3) is 0 Å². The minimum atomic E-state index is -0.313. The van der Waals surface area contributed by atoms with Crippen molar-refractivity contribution < 1.29 is 8.91 Å². The van der Waals surface area contributed by atoms with E-state index in [0.717, 1.165) is 0 Å². The van der Waals surface area contributed by atoms with Gasteiger partial charge in [0.2, 0.25) is 0 Å². The molecule has 0 bridgehead atoms. The van der Waals surface area contributed by atoms with Crippen molar-refractivity contribution in [3.8, 4) is 0 Å². The largest absolute Gasteiger partial charge is 0.396 e. The third-order valence-corrected chi connectivity index (χ3v) is 3.34. The van der Waals surface area contributed by atoms with E-state index >= 15 is 0 Å². The summed E-state index contributed by atoms with van der Waals surface area (Å²) in [7, 11) is 0. The Morgan fingerprint density at radius 2 is 2.00 bits per heavy atom. The summed E-state index contributed by atoms with van der Waals surface area (Å²) in [6, 6.07) is 8.08. The molecule has 2 aromatic heterocycles. The van der Waals surface area contributed by atoms with E-state index in [2.05, 4.69) is 20.4 Å². The first-order valence-corrected chi connectivity index (χ1v) is 7.39. The fraction of sp³-hybridized carbons (Fsp3) is 0.0588. The average molecular weight is 338 g/mol. The van der Waals surface area contributed by atoms with Gasteiger partial charge in [-0.3, -0.25) is 5.41 Å². The van der Waals surface area contributed by atoms with Gasteiger partial charge in [-0.15, -0.1) is 0 Å². The SMILES string of the molecule is N=C(/C=C(\NCc1ccccc1F)c1ccon1)c1ncc(N)cn1. The van der Waals surface area contributed by atoms with Crippen molar-refractivity contribution in [3.63, 3.8) is 0 Å². The van der Waals surface area contributed by atoms with Gasteiger partial charge in [-0.25, -0.2) is 14.4 Å². The number of hydrogen-bond acceptors (Lipinski definition) is 7. The quantitative estimate of drug-likeness (QED) is 0.595. The third kappa shape index (κ3) is 4.05. The molecule has 4 N–H and O–H groups in total. The Balaban J connectivity index is 1.83.